The molecule has 1 fully saturated rings. The summed E-state index contributed by atoms with van der Waals surface area (Å²) >= 11 is 0. The van der Waals surface area contributed by atoms with E-state index in [1.807, 2.05) is 30.3 Å². The van der Waals surface area contributed by atoms with Crippen LogP contribution in [0.3, 0.4) is 0 Å². The van der Waals surface area contributed by atoms with E-state index in [1.54, 1.807) is 0 Å². The van der Waals surface area contributed by atoms with Gasteiger partial charge < -0.3 is 14.8 Å². The van der Waals surface area contributed by atoms with Crippen molar-refractivity contribution in [1.29, 1.82) is 0 Å². The molecule has 0 bridgehead atoms. The lowest BCUT2D eigenvalue weighted by molar-refractivity contribution is -0.150. The van der Waals surface area contributed by atoms with Crippen LogP contribution in [0.25, 0.3) is 0 Å². The Balaban J connectivity index is 1.87. The standard InChI is InChI=1S/C24H25F6NO3/c1-16(32)34-21(17-11-19(23(25,26)27)13-20(12-17)24(28,29)30)14-33-15-22(7-9-31-10-8-22)18-5-3-2-4-6-18/h2-6,11-13,21,31H,7-10,14-15H2,1H3. The normalized spacial score (nSPS) is 17.3. The van der Waals surface area contributed by atoms with Gasteiger partial charge in [0, 0.05) is 12.3 Å². The van der Waals surface area contributed by atoms with Gasteiger partial charge in [0.1, 0.15) is 0 Å². The van der Waals surface area contributed by atoms with Crippen LogP contribution in [0.2, 0.25) is 0 Å². The molecule has 1 unspecified atom stereocenters. The van der Waals surface area contributed by atoms with Gasteiger partial charge in [0.15, 0.2) is 6.10 Å². The first-order valence-corrected chi connectivity index (χ1v) is 10.7. The van der Waals surface area contributed by atoms with E-state index in [0.717, 1.165) is 38.4 Å². The van der Waals surface area contributed by atoms with Crippen molar-refractivity contribution in [3.63, 3.8) is 0 Å². The maximum atomic E-state index is 13.3. The van der Waals surface area contributed by atoms with Crippen molar-refractivity contribution >= 4 is 5.97 Å². The highest BCUT2D eigenvalue weighted by Gasteiger charge is 2.38. The number of piperidine rings is 1. The van der Waals surface area contributed by atoms with Crippen molar-refractivity contribution in [3.8, 4) is 0 Å². The van der Waals surface area contributed by atoms with E-state index in [2.05, 4.69) is 5.32 Å². The van der Waals surface area contributed by atoms with E-state index in [1.165, 1.54) is 0 Å². The summed E-state index contributed by atoms with van der Waals surface area (Å²) < 4.78 is 90.6. The smallest absolute Gasteiger partial charge is 0.416 e. The van der Waals surface area contributed by atoms with Crippen LogP contribution in [0.5, 0.6) is 0 Å². The van der Waals surface area contributed by atoms with Crippen molar-refractivity contribution in [2.45, 2.75) is 43.6 Å². The minimum absolute atomic E-state index is 0.0363. The van der Waals surface area contributed by atoms with Gasteiger partial charge in [-0.15, -0.1) is 0 Å². The summed E-state index contributed by atoms with van der Waals surface area (Å²) in [5.74, 6) is -0.848. The quantitative estimate of drug-likeness (QED) is 0.403. The third-order valence-electron chi connectivity index (χ3n) is 5.88. The molecule has 1 aliphatic heterocycles. The van der Waals surface area contributed by atoms with Crippen molar-refractivity contribution in [3.05, 3.63) is 70.8 Å². The number of carbonyl (C=O) groups is 1. The molecule has 2 aromatic carbocycles. The fourth-order valence-electron chi connectivity index (χ4n) is 4.14. The lowest BCUT2D eigenvalue weighted by Gasteiger charge is -2.38. The van der Waals surface area contributed by atoms with Gasteiger partial charge in [0.05, 0.1) is 24.3 Å². The molecule has 10 heteroatoms. The van der Waals surface area contributed by atoms with Gasteiger partial charge in [0.2, 0.25) is 0 Å². The number of esters is 1. The third kappa shape index (κ3) is 6.50. The van der Waals surface area contributed by atoms with Crippen LogP contribution in [0.4, 0.5) is 26.3 Å². The summed E-state index contributed by atoms with van der Waals surface area (Å²) in [6.07, 6.45) is -9.99. The zero-order valence-electron chi connectivity index (χ0n) is 18.4. The number of hydrogen-bond donors (Lipinski definition) is 1. The van der Waals surface area contributed by atoms with Gasteiger partial charge in [-0.05, 0) is 55.3 Å². The average molecular weight is 489 g/mol. The number of alkyl halides is 6. The Bertz CT molecular complexity index is 937. The molecular formula is C24H25F6NO3. The predicted molar refractivity (Wildman–Crippen MR) is 112 cm³/mol. The predicted octanol–water partition coefficient (Wildman–Crippen LogP) is 5.67. The summed E-state index contributed by atoms with van der Waals surface area (Å²) in [5, 5.41) is 3.26. The second-order valence-electron chi connectivity index (χ2n) is 8.35. The monoisotopic (exact) mass is 489 g/mol. The van der Waals surface area contributed by atoms with Crippen LogP contribution in [-0.4, -0.2) is 32.3 Å². The molecular weight excluding hydrogens is 464 g/mol. The van der Waals surface area contributed by atoms with Crippen LogP contribution in [0.15, 0.2) is 48.5 Å². The highest BCUT2D eigenvalue weighted by molar-refractivity contribution is 5.66. The van der Waals surface area contributed by atoms with E-state index in [0.29, 0.717) is 12.1 Å². The van der Waals surface area contributed by atoms with Gasteiger partial charge >= 0.3 is 18.3 Å². The van der Waals surface area contributed by atoms with Crippen molar-refractivity contribution in [1.82, 2.24) is 5.32 Å². The zero-order valence-corrected chi connectivity index (χ0v) is 18.4. The molecule has 1 atom stereocenters. The minimum Gasteiger partial charge on any atom is -0.455 e. The number of benzene rings is 2. The number of nitrogens with one attached hydrogen (secondary N) is 1. The molecule has 1 heterocycles. The summed E-state index contributed by atoms with van der Waals surface area (Å²) in [6, 6.07) is 10.7. The first-order valence-electron chi connectivity index (χ1n) is 10.7. The summed E-state index contributed by atoms with van der Waals surface area (Å²) in [5.41, 5.74) is -2.74. The van der Waals surface area contributed by atoms with E-state index < -0.39 is 41.1 Å². The van der Waals surface area contributed by atoms with Crippen LogP contribution >= 0.6 is 0 Å². The molecule has 0 saturated carbocycles. The first-order chi connectivity index (χ1) is 15.9. The Morgan fingerprint density at radius 1 is 0.971 bits per heavy atom. The van der Waals surface area contributed by atoms with E-state index >= 15 is 0 Å². The van der Waals surface area contributed by atoms with E-state index in [9.17, 15) is 31.1 Å². The molecule has 34 heavy (non-hydrogen) atoms. The molecule has 0 amide bonds. The highest BCUT2D eigenvalue weighted by atomic mass is 19.4. The molecule has 4 nitrogen and oxygen atoms in total. The number of halogens is 6. The van der Waals surface area contributed by atoms with Gasteiger partial charge in [0.25, 0.3) is 0 Å². The molecule has 1 N–H and O–H groups in total. The summed E-state index contributed by atoms with van der Waals surface area (Å²) in [4.78, 5) is 11.6. The fourth-order valence-corrected chi connectivity index (χ4v) is 4.14. The number of carbonyl (C=O) groups excluding carboxylic acids is 1. The second-order valence-corrected chi connectivity index (χ2v) is 8.35. The van der Waals surface area contributed by atoms with E-state index in [4.69, 9.17) is 9.47 Å². The Hall–Kier alpha value is -2.59. The Morgan fingerprint density at radius 2 is 1.53 bits per heavy atom. The largest absolute Gasteiger partial charge is 0.455 e. The molecule has 0 radical (unpaired) electrons. The lowest BCUT2D eigenvalue weighted by atomic mass is 9.74. The Morgan fingerprint density at radius 3 is 2.03 bits per heavy atom. The second kappa shape index (κ2) is 10.4. The van der Waals surface area contributed by atoms with Gasteiger partial charge in [-0.25, -0.2) is 0 Å². The molecule has 0 aromatic heterocycles. The highest BCUT2D eigenvalue weighted by Crippen LogP contribution is 2.39. The maximum Gasteiger partial charge on any atom is 0.416 e. The SMILES string of the molecule is CC(=O)OC(COCC1(c2ccccc2)CCNCC1)c1cc(C(F)(F)F)cc(C(F)(F)F)c1. The zero-order chi connectivity index (χ0) is 25.0. The summed E-state index contributed by atoms with van der Waals surface area (Å²) in [6.45, 7) is 2.27. The molecule has 3 rings (SSSR count). The molecule has 2 aromatic rings. The Labute approximate surface area is 193 Å². The van der Waals surface area contributed by atoms with Crippen LogP contribution in [0.1, 0.15) is 48.1 Å². The number of hydrogen-bond acceptors (Lipinski definition) is 4. The van der Waals surface area contributed by atoms with Crippen LogP contribution < -0.4 is 5.32 Å². The fraction of sp³-hybridized carbons (Fsp3) is 0.458. The van der Waals surface area contributed by atoms with Gasteiger partial charge in [-0.3, -0.25) is 4.79 Å². The van der Waals surface area contributed by atoms with Crippen LogP contribution in [0, 0.1) is 0 Å². The molecule has 0 spiro atoms. The maximum absolute atomic E-state index is 13.3. The average Bonchev–Trinajstić information content (AvgIpc) is 2.78. The van der Waals surface area contributed by atoms with E-state index in [-0.39, 0.29) is 24.7 Å². The molecule has 1 saturated heterocycles. The van der Waals surface area contributed by atoms with Gasteiger partial charge in [-0.1, -0.05) is 30.3 Å². The van der Waals surface area contributed by atoms with Crippen molar-refractivity contribution in [2.24, 2.45) is 0 Å². The topological polar surface area (TPSA) is 47.6 Å². The number of ether oxygens (including phenoxy) is 2. The summed E-state index contributed by atoms with van der Waals surface area (Å²) in [7, 11) is 0. The number of rotatable bonds is 7. The third-order valence-corrected chi connectivity index (χ3v) is 5.88. The first kappa shape index (κ1) is 26.0. The van der Waals surface area contributed by atoms with Crippen LogP contribution in [-0.2, 0) is 32.0 Å². The molecule has 1 aliphatic rings. The molecule has 0 aliphatic carbocycles. The van der Waals surface area contributed by atoms with Gasteiger partial charge in [-0.2, -0.15) is 26.3 Å². The lowest BCUT2D eigenvalue weighted by Crippen LogP contribution is -2.43. The molecule has 186 valence electrons. The minimum atomic E-state index is -5.01. The van der Waals surface area contributed by atoms with Crippen molar-refractivity contribution in [2.75, 3.05) is 26.3 Å². The van der Waals surface area contributed by atoms with Crippen molar-refractivity contribution < 1.29 is 40.6 Å². The Kier molecular flexibility index (Phi) is 7.92.